The highest BCUT2D eigenvalue weighted by atomic mass is 35.5. The van der Waals surface area contributed by atoms with E-state index in [-0.39, 0.29) is 22.2 Å². The molecule has 0 saturated heterocycles. The van der Waals surface area contributed by atoms with Gasteiger partial charge in [-0.15, -0.1) is 0 Å². The van der Waals surface area contributed by atoms with Crippen LogP contribution < -0.4 is 5.32 Å². The van der Waals surface area contributed by atoms with E-state index in [1.165, 1.54) is 24.3 Å². The summed E-state index contributed by atoms with van der Waals surface area (Å²) in [7, 11) is 0. The van der Waals surface area contributed by atoms with Crippen molar-refractivity contribution in [2.75, 3.05) is 0 Å². The number of carbonyl (C=O) groups is 1. The Morgan fingerprint density at radius 3 is 2.55 bits per heavy atom. The van der Waals surface area contributed by atoms with Crippen molar-refractivity contribution in [1.29, 1.82) is 0 Å². The molecule has 2 aromatic carbocycles. The van der Waals surface area contributed by atoms with Crippen molar-refractivity contribution < 1.29 is 13.6 Å². The maximum Gasteiger partial charge on any atom is 0.254 e. The van der Waals surface area contributed by atoms with Crippen LogP contribution in [0.5, 0.6) is 0 Å². The van der Waals surface area contributed by atoms with E-state index in [0.29, 0.717) is 5.56 Å². The molecule has 20 heavy (non-hydrogen) atoms. The summed E-state index contributed by atoms with van der Waals surface area (Å²) in [5.41, 5.74) is 0.375. The number of amides is 1. The zero-order valence-electron chi connectivity index (χ0n) is 10.1. The smallest absolute Gasteiger partial charge is 0.254 e. The van der Waals surface area contributed by atoms with Gasteiger partial charge in [-0.1, -0.05) is 29.3 Å². The highest BCUT2D eigenvalue weighted by Gasteiger charge is 2.12. The molecule has 0 heterocycles. The molecule has 0 radical (unpaired) electrons. The lowest BCUT2D eigenvalue weighted by Crippen LogP contribution is -2.24. The van der Waals surface area contributed by atoms with Crippen LogP contribution in [-0.4, -0.2) is 5.91 Å². The van der Waals surface area contributed by atoms with Crippen molar-refractivity contribution in [1.82, 2.24) is 5.32 Å². The Hall–Kier alpha value is -1.65. The normalized spacial score (nSPS) is 10.4. The van der Waals surface area contributed by atoms with Crippen molar-refractivity contribution in [3.05, 3.63) is 69.2 Å². The van der Waals surface area contributed by atoms with Crippen LogP contribution in [0.3, 0.4) is 0 Å². The number of rotatable bonds is 3. The fourth-order valence-electron chi connectivity index (χ4n) is 1.61. The molecule has 0 spiro atoms. The van der Waals surface area contributed by atoms with Crippen molar-refractivity contribution in [2.45, 2.75) is 6.54 Å². The van der Waals surface area contributed by atoms with E-state index in [4.69, 9.17) is 23.2 Å². The molecule has 0 fully saturated rings. The highest BCUT2D eigenvalue weighted by molar-refractivity contribution is 6.31. The van der Waals surface area contributed by atoms with Crippen LogP contribution >= 0.6 is 23.2 Å². The first-order chi connectivity index (χ1) is 9.47. The zero-order valence-corrected chi connectivity index (χ0v) is 11.6. The Morgan fingerprint density at radius 2 is 1.85 bits per heavy atom. The van der Waals surface area contributed by atoms with Gasteiger partial charge in [0.15, 0.2) is 0 Å². The molecule has 104 valence electrons. The van der Waals surface area contributed by atoms with Crippen LogP contribution in [-0.2, 0) is 6.54 Å². The van der Waals surface area contributed by atoms with Crippen LogP contribution in [0.1, 0.15) is 15.9 Å². The standard InChI is InChI=1S/C14H9Cl2F2NO/c15-9-2-4-13(18)11(5-9)14(20)19-7-8-1-3-10(17)6-12(8)16/h1-6H,7H2,(H,19,20). The van der Waals surface area contributed by atoms with E-state index in [0.717, 1.165) is 12.1 Å². The molecule has 1 amide bonds. The molecule has 2 nitrogen and oxygen atoms in total. The molecule has 1 N–H and O–H groups in total. The lowest BCUT2D eigenvalue weighted by Gasteiger charge is -2.08. The second-order valence-electron chi connectivity index (χ2n) is 4.04. The molecule has 0 saturated carbocycles. The summed E-state index contributed by atoms with van der Waals surface area (Å²) in [6.45, 7) is 0.0594. The third-order valence-corrected chi connectivity index (χ3v) is 3.21. The van der Waals surface area contributed by atoms with Gasteiger partial charge in [0, 0.05) is 16.6 Å². The van der Waals surface area contributed by atoms with Gasteiger partial charge in [0.2, 0.25) is 0 Å². The van der Waals surface area contributed by atoms with Crippen LogP contribution in [0.25, 0.3) is 0 Å². The van der Waals surface area contributed by atoms with Gasteiger partial charge in [-0.25, -0.2) is 8.78 Å². The summed E-state index contributed by atoms with van der Waals surface area (Å²) < 4.78 is 26.4. The van der Waals surface area contributed by atoms with Crippen LogP contribution in [0.4, 0.5) is 8.78 Å². The maximum absolute atomic E-state index is 13.5. The Bertz CT molecular complexity index is 662. The monoisotopic (exact) mass is 315 g/mol. The van der Waals surface area contributed by atoms with Gasteiger partial charge in [-0.2, -0.15) is 0 Å². The number of carbonyl (C=O) groups excluding carboxylic acids is 1. The number of hydrogen-bond donors (Lipinski definition) is 1. The van der Waals surface area contributed by atoms with Crippen LogP contribution in [0.15, 0.2) is 36.4 Å². The lowest BCUT2D eigenvalue weighted by atomic mass is 10.2. The molecule has 0 aliphatic heterocycles. The quantitative estimate of drug-likeness (QED) is 0.903. The van der Waals surface area contributed by atoms with Gasteiger partial charge in [0.1, 0.15) is 11.6 Å². The van der Waals surface area contributed by atoms with E-state index in [1.54, 1.807) is 0 Å². The van der Waals surface area contributed by atoms with E-state index in [2.05, 4.69) is 5.32 Å². The van der Waals surface area contributed by atoms with Gasteiger partial charge in [-0.3, -0.25) is 4.79 Å². The number of hydrogen-bond acceptors (Lipinski definition) is 1. The minimum Gasteiger partial charge on any atom is -0.348 e. The summed E-state index contributed by atoms with van der Waals surface area (Å²) in [5.74, 6) is -1.76. The Balaban J connectivity index is 2.10. The van der Waals surface area contributed by atoms with Crippen molar-refractivity contribution in [3.63, 3.8) is 0 Å². The van der Waals surface area contributed by atoms with Crippen molar-refractivity contribution >= 4 is 29.1 Å². The molecule has 2 rings (SSSR count). The molecule has 0 unspecified atom stereocenters. The minimum atomic E-state index is -0.669. The summed E-state index contributed by atoms with van der Waals surface area (Å²) >= 11 is 11.5. The summed E-state index contributed by atoms with van der Waals surface area (Å²) in [6.07, 6.45) is 0. The highest BCUT2D eigenvalue weighted by Crippen LogP contribution is 2.18. The molecule has 6 heteroatoms. The first-order valence-electron chi connectivity index (χ1n) is 5.64. The zero-order chi connectivity index (χ0) is 14.7. The fraction of sp³-hybridized carbons (Fsp3) is 0.0714. The Labute approximate surface area is 124 Å². The van der Waals surface area contributed by atoms with E-state index in [9.17, 15) is 13.6 Å². The molecule has 0 aliphatic carbocycles. The molecule has 0 bridgehead atoms. The third kappa shape index (κ3) is 3.46. The van der Waals surface area contributed by atoms with E-state index >= 15 is 0 Å². The topological polar surface area (TPSA) is 29.1 Å². The number of halogens is 4. The molecular weight excluding hydrogens is 307 g/mol. The second kappa shape index (κ2) is 6.20. The molecular formula is C14H9Cl2F2NO. The van der Waals surface area contributed by atoms with Gasteiger partial charge in [0.25, 0.3) is 5.91 Å². The maximum atomic E-state index is 13.5. The average molecular weight is 316 g/mol. The van der Waals surface area contributed by atoms with Gasteiger partial charge in [0.05, 0.1) is 5.56 Å². The third-order valence-electron chi connectivity index (χ3n) is 2.63. The first kappa shape index (κ1) is 14.8. The van der Waals surface area contributed by atoms with Crippen molar-refractivity contribution in [2.24, 2.45) is 0 Å². The van der Waals surface area contributed by atoms with Crippen molar-refractivity contribution in [3.8, 4) is 0 Å². The first-order valence-corrected chi connectivity index (χ1v) is 6.40. The van der Waals surface area contributed by atoms with Gasteiger partial charge < -0.3 is 5.32 Å². The molecule has 0 aliphatic rings. The predicted octanol–water partition coefficient (Wildman–Crippen LogP) is 4.20. The largest absolute Gasteiger partial charge is 0.348 e. The summed E-state index contributed by atoms with van der Waals surface area (Å²) in [4.78, 5) is 11.8. The van der Waals surface area contributed by atoms with Crippen LogP contribution in [0.2, 0.25) is 10.0 Å². The fourth-order valence-corrected chi connectivity index (χ4v) is 2.01. The Kier molecular flexibility index (Phi) is 4.57. The summed E-state index contributed by atoms with van der Waals surface area (Å²) in [6, 6.07) is 7.52. The van der Waals surface area contributed by atoms with E-state index in [1.807, 2.05) is 0 Å². The number of nitrogens with one attached hydrogen (secondary N) is 1. The van der Waals surface area contributed by atoms with E-state index < -0.39 is 17.5 Å². The Morgan fingerprint density at radius 1 is 1.10 bits per heavy atom. The minimum absolute atomic E-state index is 0.0594. The SMILES string of the molecule is O=C(NCc1ccc(F)cc1Cl)c1cc(Cl)ccc1F. The van der Waals surface area contributed by atoms with Gasteiger partial charge >= 0.3 is 0 Å². The second-order valence-corrected chi connectivity index (χ2v) is 4.89. The van der Waals surface area contributed by atoms with Crippen LogP contribution in [0, 0.1) is 11.6 Å². The number of benzene rings is 2. The molecule has 0 aromatic heterocycles. The van der Waals surface area contributed by atoms with Gasteiger partial charge in [-0.05, 0) is 35.9 Å². The summed E-state index contributed by atoms with van der Waals surface area (Å²) in [5, 5.41) is 2.95. The average Bonchev–Trinajstić information content (AvgIpc) is 2.40. The molecule has 2 aromatic rings. The predicted molar refractivity (Wildman–Crippen MR) is 74.0 cm³/mol. The lowest BCUT2D eigenvalue weighted by molar-refractivity contribution is 0.0947. The molecule has 0 atom stereocenters.